The van der Waals surface area contributed by atoms with Crippen LogP contribution in [0.25, 0.3) is 5.57 Å². The highest BCUT2D eigenvalue weighted by atomic mass is 16.5. The average Bonchev–Trinajstić information content (AvgIpc) is 2.84. The molecule has 16 heavy (non-hydrogen) atoms. The molecule has 84 valence electrons. The lowest BCUT2D eigenvalue weighted by Gasteiger charge is -2.09. The van der Waals surface area contributed by atoms with E-state index in [0.717, 1.165) is 30.6 Å². The van der Waals surface area contributed by atoms with Gasteiger partial charge in [0.15, 0.2) is 0 Å². The van der Waals surface area contributed by atoms with Crippen LogP contribution < -0.4 is 5.32 Å². The Labute approximate surface area is 95.1 Å². The summed E-state index contributed by atoms with van der Waals surface area (Å²) >= 11 is 0. The third kappa shape index (κ3) is 2.08. The maximum absolute atomic E-state index is 11.8. The lowest BCUT2D eigenvalue weighted by Crippen LogP contribution is -2.13. The van der Waals surface area contributed by atoms with Gasteiger partial charge in [-0.1, -0.05) is 30.3 Å². The SMILES string of the molecule is COC(=O)/C(=C1\CCCN1)c1ccccc1. The summed E-state index contributed by atoms with van der Waals surface area (Å²) in [6.45, 7) is 0.933. The fraction of sp³-hybridized carbons (Fsp3) is 0.308. The van der Waals surface area contributed by atoms with Crippen LogP contribution in [0.1, 0.15) is 18.4 Å². The average molecular weight is 217 g/mol. The predicted molar refractivity (Wildman–Crippen MR) is 62.6 cm³/mol. The van der Waals surface area contributed by atoms with Crippen molar-refractivity contribution < 1.29 is 9.53 Å². The standard InChI is InChI=1S/C13H15NO2/c1-16-13(15)12(11-8-5-9-14-11)10-6-3-2-4-7-10/h2-4,6-7,14H,5,8-9H2,1H3/b12-11+. The molecule has 1 N–H and O–H groups in total. The van der Waals surface area contributed by atoms with Crippen LogP contribution in [-0.2, 0) is 9.53 Å². The summed E-state index contributed by atoms with van der Waals surface area (Å²) in [6.07, 6.45) is 1.99. The number of carbonyl (C=O) groups is 1. The minimum atomic E-state index is -0.268. The number of allylic oxidation sites excluding steroid dienone is 1. The maximum Gasteiger partial charge on any atom is 0.340 e. The number of benzene rings is 1. The first-order valence-electron chi connectivity index (χ1n) is 5.43. The van der Waals surface area contributed by atoms with Gasteiger partial charge in [-0.05, 0) is 18.4 Å². The first-order valence-corrected chi connectivity index (χ1v) is 5.43. The largest absolute Gasteiger partial charge is 0.465 e. The molecule has 3 nitrogen and oxygen atoms in total. The highest BCUT2D eigenvalue weighted by molar-refractivity contribution is 6.17. The molecule has 1 fully saturated rings. The zero-order valence-corrected chi connectivity index (χ0v) is 9.32. The minimum absolute atomic E-state index is 0.268. The lowest BCUT2D eigenvalue weighted by atomic mass is 10.0. The van der Waals surface area contributed by atoms with Crippen molar-refractivity contribution in [3.05, 3.63) is 41.6 Å². The molecule has 0 aliphatic carbocycles. The van der Waals surface area contributed by atoms with Crippen molar-refractivity contribution in [2.75, 3.05) is 13.7 Å². The van der Waals surface area contributed by atoms with Crippen LogP contribution in [0.2, 0.25) is 0 Å². The van der Waals surface area contributed by atoms with Crippen molar-refractivity contribution in [3.8, 4) is 0 Å². The molecule has 0 atom stereocenters. The Morgan fingerprint density at radius 2 is 2.06 bits per heavy atom. The number of methoxy groups -OCH3 is 1. The Morgan fingerprint density at radius 3 is 2.62 bits per heavy atom. The summed E-state index contributed by atoms with van der Waals surface area (Å²) in [5, 5.41) is 3.25. The molecule has 2 rings (SSSR count). The van der Waals surface area contributed by atoms with Crippen molar-refractivity contribution in [1.82, 2.24) is 5.32 Å². The van der Waals surface area contributed by atoms with E-state index in [0.29, 0.717) is 5.57 Å². The van der Waals surface area contributed by atoms with E-state index in [1.165, 1.54) is 7.11 Å². The van der Waals surface area contributed by atoms with Gasteiger partial charge in [-0.25, -0.2) is 4.79 Å². The molecule has 1 aromatic rings. The lowest BCUT2D eigenvalue weighted by molar-refractivity contribution is -0.133. The third-order valence-electron chi connectivity index (χ3n) is 2.70. The number of esters is 1. The van der Waals surface area contributed by atoms with E-state index in [1.54, 1.807) is 0 Å². The summed E-state index contributed by atoms with van der Waals surface area (Å²) in [5.74, 6) is -0.268. The van der Waals surface area contributed by atoms with Gasteiger partial charge in [-0.2, -0.15) is 0 Å². The fourth-order valence-electron chi connectivity index (χ4n) is 1.93. The molecular formula is C13H15NO2. The highest BCUT2D eigenvalue weighted by Gasteiger charge is 2.20. The number of nitrogens with one attached hydrogen (secondary N) is 1. The Balaban J connectivity index is 2.43. The van der Waals surface area contributed by atoms with Crippen LogP contribution in [0.15, 0.2) is 36.0 Å². The Hall–Kier alpha value is -1.77. The second-order valence-corrected chi connectivity index (χ2v) is 3.74. The zero-order chi connectivity index (χ0) is 11.4. The molecule has 0 spiro atoms. The Morgan fingerprint density at radius 1 is 1.31 bits per heavy atom. The summed E-state index contributed by atoms with van der Waals surface area (Å²) in [7, 11) is 1.42. The van der Waals surface area contributed by atoms with Gasteiger partial charge >= 0.3 is 5.97 Å². The van der Waals surface area contributed by atoms with Crippen molar-refractivity contribution >= 4 is 11.5 Å². The molecule has 1 aliphatic rings. The number of rotatable bonds is 2. The summed E-state index contributed by atoms with van der Waals surface area (Å²) in [6, 6.07) is 9.64. The van der Waals surface area contributed by atoms with Crippen LogP contribution in [-0.4, -0.2) is 19.6 Å². The summed E-state index contributed by atoms with van der Waals surface area (Å²) < 4.78 is 4.84. The molecule has 0 radical (unpaired) electrons. The molecule has 1 saturated heterocycles. The molecule has 0 unspecified atom stereocenters. The summed E-state index contributed by atoms with van der Waals surface area (Å²) in [4.78, 5) is 11.8. The number of hydrogen-bond acceptors (Lipinski definition) is 3. The fourth-order valence-corrected chi connectivity index (χ4v) is 1.93. The van der Waals surface area contributed by atoms with E-state index in [9.17, 15) is 4.79 Å². The van der Waals surface area contributed by atoms with E-state index in [4.69, 9.17) is 4.74 Å². The van der Waals surface area contributed by atoms with Crippen LogP contribution in [0.5, 0.6) is 0 Å². The van der Waals surface area contributed by atoms with Crippen molar-refractivity contribution in [2.24, 2.45) is 0 Å². The van der Waals surface area contributed by atoms with Crippen molar-refractivity contribution in [3.63, 3.8) is 0 Å². The van der Waals surface area contributed by atoms with Gasteiger partial charge in [0.2, 0.25) is 0 Å². The van der Waals surface area contributed by atoms with Crippen LogP contribution in [0.4, 0.5) is 0 Å². The molecule has 0 bridgehead atoms. The number of carbonyl (C=O) groups excluding carboxylic acids is 1. The van der Waals surface area contributed by atoms with Crippen molar-refractivity contribution in [2.45, 2.75) is 12.8 Å². The van der Waals surface area contributed by atoms with Gasteiger partial charge in [0.1, 0.15) is 0 Å². The van der Waals surface area contributed by atoms with E-state index in [2.05, 4.69) is 5.32 Å². The first-order chi connectivity index (χ1) is 7.83. The second kappa shape index (κ2) is 4.84. The molecule has 0 saturated carbocycles. The Kier molecular flexibility index (Phi) is 3.25. The third-order valence-corrected chi connectivity index (χ3v) is 2.70. The molecule has 1 heterocycles. The predicted octanol–water partition coefficient (Wildman–Crippen LogP) is 1.95. The first kappa shape index (κ1) is 10.7. The molecule has 1 aromatic carbocycles. The molecule has 0 amide bonds. The van der Waals surface area contributed by atoms with E-state index in [-0.39, 0.29) is 5.97 Å². The van der Waals surface area contributed by atoms with Gasteiger partial charge in [-0.15, -0.1) is 0 Å². The van der Waals surface area contributed by atoms with E-state index < -0.39 is 0 Å². The summed E-state index contributed by atoms with van der Waals surface area (Å²) in [5.41, 5.74) is 2.58. The molecule has 3 heteroatoms. The van der Waals surface area contributed by atoms with Crippen LogP contribution >= 0.6 is 0 Å². The molecular weight excluding hydrogens is 202 g/mol. The zero-order valence-electron chi connectivity index (χ0n) is 9.32. The number of hydrogen-bond donors (Lipinski definition) is 1. The van der Waals surface area contributed by atoms with Crippen LogP contribution in [0.3, 0.4) is 0 Å². The van der Waals surface area contributed by atoms with Gasteiger partial charge < -0.3 is 10.1 Å². The van der Waals surface area contributed by atoms with Crippen molar-refractivity contribution in [1.29, 1.82) is 0 Å². The smallest absolute Gasteiger partial charge is 0.340 e. The monoisotopic (exact) mass is 217 g/mol. The van der Waals surface area contributed by atoms with Gasteiger partial charge in [0.05, 0.1) is 12.7 Å². The highest BCUT2D eigenvalue weighted by Crippen LogP contribution is 2.24. The second-order valence-electron chi connectivity index (χ2n) is 3.74. The Bertz CT molecular complexity index is 401. The van der Waals surface area contributed by atoms with E-state index >= 15 is 0 Å². The molecule has 1 aliphatic heterocycles. The molecule has 0 aromatic heterocycles. The number of ether oxygens (including phenoxy) is 1. The maximum atomic E-state index is 11.8. The van der Waals surface area contributed by atoms with Crippen LogP contribution in [0, 0.1) is 0 Å². The van der Waals surface area contributed by atoms with Gasteiger partial charge in [-0.3, -0.25) is 0 Å². The normalized spacial score (nSPS) is 17.8. The van der Waals surface area contributed by atoms with E-state index in [1.807, 2.05) is 30.3 Å². The van der Waals surface area contributed by atoms with Gasteiger partial charge in [0, 0.05) is 12.2 Å². The minimum Gasteiger partial charge on any atom is -0.465 e. The quantitative estimate of drug-likeness (QED) is 0.608. The topological polar surface area (TPSA) is 38.3 Å². The van der Waals surface area contributed by atoms with Gasteiger partial charge in [0.25, 0.3) is 0 Å².